The largest absolute Gasteiger partial charge is 0.457 e. The highest BCUT2D eigenvalue weighted by molar-refractivity contribution is 5.92. The van der Waals surface area contributed by atoms with Gasteiger partial charge in [-0.15, -0.1) is 0 Å². The monoisotopic (exact) mass is 429 g/mol. The van der Waals surface area contributed by atoms with Crippen molar-refractivity contribution < 1.29 is 9.53 Å². The van der Waals surface area contributed by atoms with Gasteiger partial charge in [0.2, 0.25) is 5.91 Å². The minimum Gasteiger partial charge on any atom is -0.457 e. The lowest BCUT2D eigenvalue weighted by atomic mass is 10.2. The third-order valence-corrected chi connectivity index (χ3v) is 5.38. The van der Waals surface area contributed by atoms with Crippen LogP contribution in [0.25, 0.3) is 11.0 Å². The molecular weight excluding hydrogens is 406 g/mol. The predicted octanol–water partition coefficient (Wildman–Crippen LogP) is 2.91. The second-order valence-corrected chi connectivity index (χ2v) is 7.58. The molecule has 0 bridgehead atoms. The van der Waals surface area contributed by atoms with Gasteiger partial charge >= 0.3 is 0 Å². The molecule has 0 radical (unpaired) electrons. The SMILES string of the molecule is O=C(CN1CCN(c2ncnc3[nH]ncc23)CC1)Nc1ccc(Oc2ccccc2)cc1. The van der Waals surface area contributed by atoms with Crippen LogP contribution in [-0.4, -0.2) is 63.7 Å². The summed E-state index contributed by atoms with van der Waals surface area (Å²) < 4.78 is 5.79. The Kier molecular flexibility index (Phi) is 5.63. The normalized spacial score (nSPS) is 14.4. The van der Waals surface area contributed by atoms with Crippen molar-refractivity contribution >= 4 is 28.4 Å². The quantitative estimate of drug-likeness (QED) is 0.486. The summed E-state index contributed by atoms with van der Waals surface area (Å²) in [6.45, 7) is 3.48. The van der Waals surface area contributed by atoms with Gasteiger partial charge in [-0.05, 0) is 36.4 Å². The molecule has 2 N–H and O–H groups in total. The number of anilines is 2. The highest BCUT2D eigenvalue weighted by Crippen LogP contribution is 2.23. The van der Waals surface area contributed by atoms with E-state index in [1.807, 2.05) is 54.6 Å². The second-order valence-electron chi connectivity index (χ2n) is 7.58. The summed E-state index contributed by atoms with van der Waals surface area (Å²) in [6.07, 6.45) is 3.30. The average Bonchev–Trinajstić information content (AvgIpc) is 3.31. The molecule has 0 saturated carbocycles. The second kappa shape index (κ2) is 9.03. The first kappa shape index (κ1) is 20.0. The van der Waals surface area contributed by atoms with Crippen molar-refractivity contribution in [1.82, 2.24) is 25.1 Å². The molecule has 1 amide bonds. The average molecular weight is 429 g/mol. The van der Waals surface area contributed by atoms with Crippen LogP contribution in [-0.2, 0) is 4.79 Å². The standard InChI is InChI=1S/C23H23N7O2/c31-21(27-17-6-8-19(9-7-17)32-18-4-2-1-3-5-18)15-29-10-12-30(13-11-29)23-20-14-26-28-22(20)24-16-25-23/h1-9,14,16H,10-13,15H2,(H,27,31)(H,24,25,26,28). The number of hydrogen-bond donors (Lipinski definition) is 2. The number of piperazine rings is 1. The van der Waals surface area contributed by atoms with Gasteiger partial charge in [-0.3, -0.25) is 14.8 Å². The van der Waals surface area contributed by atoms with E-state index in [2.05, 4.69) is 35.3 Å². The van der Waals surface area contributed by atoms with Crippen molar-refractivity contribution in [2.75, 3.05) is 42.9 Å². The van der Waals surface area contributed by atoms with Crippen LogP contribution in [0, 0.1) is 0 Å². The van der Waals surface area contributed by atoms with Crippen LogP contribution in [0.3, 0.4) is 0 Å². The number of nitrogens with one attached hydrogen (secondary N) is 2. The number of aromatic amines is 1. The van der Waals surface area contributed by atoms with E-state index < -0.39 is 0 Å². The van der Waals surface area contributed by atoms with Gasteiger partial charge in [0.15, 0.2) is 5.65 Å². The van der Waals surface area contributed by atoms with Crippen LogP contribution < -0.4 is 15.0 Å². The number of rotatable bonds is 6. The van der Waals surface area contributed by atoms with Crippen molar-refractivity contribution in [3.05, 3.63) is 67.1 Å². The molecule has 9 nitrogen and oxygen atoms in total. The Morgan fingerprint density at radius 2 is 1.72 bits per heavy atom. The van der Waals surface area contributed by atoms with E-state index in [1.165, 1.54) is 0 Å². The Bertz CT molecular complexity index is 1190. The smallest absolute Gasteiger partial charge is 0.238 e. The Labute approximate surface area is 185 Å². The maximum Gasteiger partial charge on any atom is 0.238 e. The minimum absolute atomic E-state index is 0.0329. The molecule has 5 rings (SSSR count). The van der Waals surface area contributed by atoms with Crippen LogP contribution in [0.5, 0.6) is 11.5 Å². The molecule has 0 aliphatic carbocycles. The summed E-state index contributed by atoms with van der Waals surface area (Å²) in [7, 11) is 0. The maximum absolute atomic E-state index is 12.5. The van der Waals surface area contributed by atoms with E-state index in [1.54, 1.807) is 12.5 Å². The summed E-state index contributed by atoms with van der Waals surface area (Å²) in [5, 5.41) is 10.8. The molecule has 0 spiro atoms. The molecule has 1 aliphatic rings. The molecular formula is C23H23N7O2. The summed E-state index contributed by atoms with van der Waals surface area (Å²) >= 11 is 0. The first-order valence-corrected chi connectivity index (χ1v) is 10.5. The fourth-order valence-corrected chi connectivity index (χ4v) is 3.76. The van der Waals surface area contributed by atoms with Gasteiger partial charge in [0.05, 0.1) is 18.1 Å². The molecule has 162 valence electrons. The van der Waals surface area contributed by atoms with E-state index in [9.17, 15) is 4.79 Å². The van der Waals surface area contributed by atoms with Crippen molar-refractivity contribution in [3.63, 3.8) is 0 Å². The van der Waals surface area contributed by atoms with E-state index in [0.717, 1.165) is 60.2 Å². The van der Waals surface area contributed by atoms with Gasteiger partial charge in [0.25, 0.3) is 0 Å². The zero-order valence-corrected chi connectivity index (χ0v) is 17.4. The van der Waals surface area contributed by atoms with E-state index >= 15 is 0 Å². The molecule has 3 heterocycles. The lowest BCUT2D eigenvalue weighted by Crippen LogP contribution is -2.49. The van der Waals surface area contributed by atoms with E-state index in [0.29, 0.717) is 6.54 Å². The number of ether oxygens (including phenoxy) is 1. The van der Waals surface area contributed by atoms with Crippen LogP contribution in [0.15, 0.2) is 67.1 Å². The third kappa shape index (κ3) is 4.52. The number of carbonyl (C=O) groups is 1. The molecule has 2 aromatic heterocycles. The van der Waals surface area contributed by atoms with Crippen molar-refractivity contribution in [3.8, 4) is 11.5 Å². The number of hydrogen-bond acceptors (Lipinski definition) is 7. The summed E-state index contributed by atoms with van der Waals surface area (Å²) in [6, 6.07) is 17.0. The first-order valence-electron chi connectivity index (χ1n) is 10.5. The molecule has 32 heavy (non-hydrogen) atoms. The van der Waals surface area contributed by atoms with Crippen LogP contribution in [0.2, 0.25) is 0 Å². The summed E-state index contributed by atoms with van der Waals surface area (Å²) in [5.41, 5.74) is 1.48. The van der Waals surface area contributed by atoms with Crippen molar-refractivity contribution in [2.45, 2.75) is 0 Å². The highest BCUT2D eigenvalue weighted by Gasteiger charge is 2.22. The number of para-hydroxylation sites is 1. The summed E-state index contributed by atoms with van der Waals surface area (Å²) in [4.78, 5) is 25.5. The number of H-pyrrole nitrogens is 1. The molecule has 0 unspecified atom stereocenters. The van der Waals surface area contributed by atoms with Gasteiger partial charge in [-0.2, -0.15) is 5.10 Å². The van der Waals surface area contributed by atoms with E-state index in [-0.39, 0.29) is 5.91 Å². The number of nitrogens with zero attached hydrogens (tertiary/aromatic N) is 5. The van der Waals surface area contributed by atoms with Gasteiger partial charge in [0, 0.05) is 31.9 Å². The van der Waals surface area contributed by atoms with Crippen LogP contribution >= 0.6 is 0 Å². The Morgan fingerprint density at radius 3 is 2.50 bits per heavy atom. The lowest BCUT2D eigenvalue weighted by molar-refractivity contribution is -0.117. The maximum atomic E-state index is 12.5. The zero-order valence-electron chi connectivity index (χ0n) is 17.4. The van der Waals surface area contributed by atoms with Gasteiger partial charge < -0.3 is 15.0 Å². The van der Waals surface area contributed by atoms with Crippen molar-refractivity contribution in [2.24, 2.45) is 0 Å². The molecule has 1 saturated heterocycles. The first-order chi connectivity index (χ1) is 15.7. The molecule has 4 aromatic rings. The molecule has 1 fully saturated rings. The number of fused-ring (bicyclic) bond motifs is 1. The Morgan fingerprint density at radius 1 is 0.969 bits per heavy atom. The highest BCUT2D eigenvalue weighted by atomic mass is 16.5. The fourth-order valence-electron chi connectivity index (χ4n) is 3.76. The number of benzene rings is 2. The van der Waals surface area contributed by atoms with Gasteiger partial charge in [-0.1, -0.05) is 18.2 Å². The Balaban J connectivity index is 1.12. The van der Waals surface area contributed by atoms with Crippen molar-refractivity contribution in [1.29, 1.82) is 0 Å². The molecule has 0 atom stereocenters. The minimum atomic E-state index is -0.0329. The zero-order chi connectivity index (χ0) is 21.8. The lowest BCUT2D eigenvalue weighted by Gasteiger charge is -2.35. The number of aromatic nitrogens is 4. The topological polar surface area (TPSA) is 99.3 Å². The van der Waals surface area contributed by atoms with Crippen LogP contribution in [0.1, 0.15) is 0 Å². The number of amides is 1. The molecule has 1 aliphatic heterocycles. The van der Waals surface area contributed by atoms with E-state index in [4.69, 9.17) is 4.74 Å². The van der Waals surface area contributed by atoms with Crippen LogP contribution in [0.4, 0.5) is 11.5 Å². The third-order valence-electron chi connectivity index (χ3n) is 5.38. The fraction of sp³-hybridized carbons (Fsp3) is 0.217. The molecule has 9 heteroatoms. The van der Waals surface area contributed by atoms with Gasteiger partial charge in [0.1, 0.15) is 23.6 Å². The van der Waals surface area contributed by atoms with Gasteiger partial charge in [-0.25, -0.2) is 9.97 Å². The molecule has 2 aromatic carbocycles. The Hall–Kier alpha value is -3.98. The predicted molar refractivity (Wildman–Crippen MR) is 122 cm³/mol. The number of carbonyl (C=O) groups excluding carboxylic acids is 1. The summed E-state index contributed by atoms with van der Waals surface area (Å²) in [5.74, 6) is 2.35.